The van der Waals surface area contributed by atoms with Crippen molar-refractivity contribution in [3.8, 4) is 50.6 Å². The van der Waals surface area contributed by atoms with Crippen molar-refractivity contribution in [1.29, 1.82) is 0 Å². The van der Waals surface area contributed by atoms with Crippen molar-refractivity contribution < 1.29 is 15.3 Å². The summed E-state index contributed by atoms with van der Waals surface area (Å²) < 4.78 is 0. The number of nitrogens with one attached hydrogen (secondary N) is 1. The topological polar surface area (TPSA) is 79.2 Å². The smallest absolute Gasteiger partial charge is 0.124 e. The van der Waals surface area contributed by atoms with Gasteiger partial charge >= 0.3 is 0 Å². The van der Waals surface area contributed by atoms with E-state index in [9.17, 15) is 15.3 Å². The Kier molecular flexibility index (Phi) is 15.7. The van der Waals surface area contributed by atoms with Gasteiger partial charge in [0.15, 0.2) is 0 Å². The van der Waals surface area contributed by atoms with Crippen LogP contribution in [0, 0.1) is 27.7 Å². The predicted molar refractivity (Wildman–Crippen MR) is 332 cm³/mol. The lowest BCUT2D eigenvalue weighted by atomic mass is 9.73. The van der Waals surface area contributed by atoms with Gasteiger partial charge in [0.25, 0.3) is 0 Å². The van der Waals surface area contributed by atoms with Crippen molar-refractivity contribution in [3.05, 3.63) is 273 Å². The summed E-state index contributed by atoms with van der Waals surface area (Å²) in [6, 6.07) is 65.9. The van der Waals surface area contributed by atoms with Crippen LogP contribution in [-0.4, -0.2) is 65.9 Å². The van der Waals surface area contributed by atoms with Gasteiger partial charge in [0.2, 0.25) is 0 Å². The summed E-state index contributed by atoms with van der Waals surface area (Å²) in [6.45, 7) is 20.7. The van der Waals surface area contributed by atoms with Gasteiger partial charge in [-0.2, -0.15) is 0 Å². The van der Waals surface area contributed by atoms with Gasteiger partial charge in [-0.05, 0) is 148 Å². The fourth-order valence-electron chi connectivity index (χ4n) is 13.4. The number of rotatable bonds is 13. The number of aromatic hydroxyl groups is 3. The second kappa shape index (κ2) is 22.7. The minimum atomic E-state index is -0.453. The molecule has 3 aliphatic rings. The maximum Gasteiger partial charge on any atom is 0.124 e. The molecule has 6 nitrogen and oxygen atoms in total. The Morgan fingerprint density at radius 1 is 0.400 bits per heavy atom. The second-order valence-corrected chi connectivity index (χ2v) is 23.1. The van der Waals surface area contributed by atoms with Crippen molar-refractivity contribution in [2.75, 3.05) is 40.8 Å². The first-order valence-corrected chi connectivity index (χ1v) is 28.4. The maximum absolute atomic E-state index is 12.0. The standard InChI is InChI=1S/C48H48N2O2.C21H18O.C5H12N/c1-31-25-33(45(51)43(27-31)47(3)39-19-11-7-15-35(39)36-16-8-12-20-40(36)47)29-49(5)23-24-50(6)30-34-26-32(2)28-44(46(34)52)48(4)41-21-13-9-17-37(41)38-18-10-14-22-42(38)48;1-14-11-12-20(22)19(13-14)21(2)17-9-5-3-7-15(17)16-8-4-6-10-18(16)21;1-3-4-5-6-2/h7-22,25-28,51-52H,23-24,29-30H2,1-6H3;3-13,22H,1-2H3;6H,1,3-5H2,2H3/q;;+1. The van der Waals surface area contributed by atoms with Gasteiger partial charge in [-0.1, -0.05) is 199 Å². The van der Waals surface area contributed by atoms with Crippen molar-refractivity contribution in [2.45, 2.75) is 83.7 Å². The molecule has 9 aromatic carbocycles. The summed E-state index contributed by atoms with van der Waals surface area (Å²) in [5, 5.41) is 37.5. The zero-order valence-electron chi connectivity index (χ0n) is 48.3. The summed E-state index contributed by atoms with van der Waals surface area (Å²) in [5.74, 6) is 1.11. The Bertz CT molecular complexity index is 3420. The van der Waals surface area contributed by atoms with E-state index in [1.165, 1.54) is 73.2 Å². The zero-order valence-corrected chi connectivity index (χ0v) is 48.3. The number of aryl methyl sites for hydroxylation is 3. The molecule has 6 heteroatoms. The largest absolute Gasteiger partial charge is 0.508 e. The van der Waals surface area contributed by atoms with Gasteiger partial charge < -0.3 is 30.4 Å². The highest BCUT2D eigenvalue weighted by Gasteiger charge is 2.45. The molecule has 12 rings (SSSR count). The molecule has 0 saturated carbocycles. The quantitative estimate of drug-likeness (QED) is 0.0681. The average Bonchev–Trinajstić information content (AvgIpc) is 4.13. The number of hydrogen-bond acceptors (Lipinski definition) is 6. The number of fused-ring (bicyclic) bond motifs is 9. The van der Waals surface area contributed by atoms with Crippen LogP contribution in [-0.2, 0) is 29.3 Å². The molecule has 0 spiro atoms. The van der Waals surface area contributed by atoms with Crippen LogP contribution in [0.15, 0.2) is 188 Å². The number of hydrogen-bond donors (Lipinski definition) is 4. The Hall–Kier alpha value is -7.87. The van der Waals surface area contributed by atoms with Gasteiger partial charge in [0.05, 0.1) is 13.3 Å². The lowest BCUT2D eigenvalue weighted by molar-refractivity contribution is 0.243. The number of likely N-dealkylation sites (N-methyl/N-ethyl adjacent to an activating group) is 2. The molecule has 0 bridgehead atoms. The van der Waals surface area contributed by atoms with Crippen LogP contribution >= 0.6 is 0 Å². The van der Waals surface area contributed by atoms with E-state index in [1.807, 2.05) is 13.1 Å². The van der Waals surface area contributed by atoms with Crippen LogP contribution in [0.2, 0.25) is 0 Å². The fourth-order valence-corrected chi connectivity index (χ4v) is 13.4. The first-order valence-electron chi connectivity index (χ1n) is 28.4. The molecule has 9 aromatic rings. The first-order chi connectivity index (χ1) is 38.5. The van der Waals surface area contributed by atoms with Gasteiger partial charge in [0, 0.05) is 70.2 Å². The van der Waals surface area contributed by atoms with E-state index < -0.39 is 10.8 Å². The predicted octanol–water partition coefficient (Wildman–Crippen LogP) is 15.8. The van der Waals surface area contributed by atoms with Crippen LogP contribution in [0.5, 0.6) is 17.2 Å². The molecule has 0 aliphatic heterocycles. The Morgan fingerprint density at radius 2 is 0.700 bits per heavy atom. The van der Waals surface area contributed by atoms with Gasteiger partial charge in [0.1, 0.15) is 17.2 Å². The van der Waals surface area contributed by atoms with Crippen LogP contribution < -0.4 is 5.32 Å². The van der Waals surface area contributed by atoms with E-state index in [4.69, 9.17) is 0 Å². The highest BCUT2D eigenvalue weighted by molar-refractivity contribution is 5.86. The van der Waals surface area contributed by atoms with Crippen molar-refractivity contribution in [2.24, 2.45) is 0 Å². The number of unbranched alkanes of at least 4 members (excludes halogenated alkanes) is 1. The van der Waals surface area contributed by atoms with Gasteiger partial charge in [-0.25, -0.2) is 0 Å². The molecule has 0 unspecified atom stereocenters. The van der Waals surface area contributed by atoms with E-state index in [2.05, 4.69) is 254 Å². The molecule has 0 fully saturated rings. The third kappa shape index (κ3) is 9.78. The summed E-state index contributed by atoms with van der Waals surface area (Å²) in [4.78, 5) is 4.56. The average molecular weight is 1060 g/mol. The lowest BCUT2D eigenvalue weighted by Gasteiger charge is -2.31. The first kappa shape index (κ1) is 55.4. The molecule has 406 valence electrons. The molecule has 0 atom stereocenters. The molecule has 80 heavy (non-hydrogen) atoms. The number of nitrogens with zero attached hydrogens (tertiary/aromatic N) is 2. The summed E-state index contributed by atoms with van der Waals surface area (Å²) in [5.41, 5.74) is 21.9. The second-order valence-electron chi connectivity index (χ2n) is 23.1. The third-order valence-corrected chi connectivity index (χ3v) is 17.5. The van der Waals surface area contributed by atoms with Crippen LogP contribution in [0.1, 0.15) is 112 Å². The van der Waals surface area contributed by atoms with E-state index in [1.54, 1.807) is 6.07 Å². The van der Waals surface area contributed by atoms with Crippen molar-refractivity contribution >= 4 is 0 Å². The molecular weight excluding hydrogens is 979 g/mol. The number of phenolic OH excluding ortho intramolecular Hbond substituents is 3. The minimum absolute atomic E-state index is 0.316. The van der Waals surface area contributed by atoms with Gasteiger partial charge in [-0.15, -0.1) is 0 Å². The molecule has 0 aromatic heterocycles. The normalized spacial score (nSPS) is 14.2. The third-order valence-electron chi connectivity index (χ3n) is 17.5. The molecule has 0 heterocycles. The zero-order chi connectivity index (χ0) is 56.5. The Labute approximate surface area is 476 Å². The number of phenols is 3. The minimum Gasteiger partial charge on any atom is -0.508 e. The summed E-state index contributed by atoms with van der Waals surface area (Å²) in [7, 11) is 6.19. The molecular formula is C74H78N3O3+. The van der Waals surface area contributed by atoms with Gasteiger partial charge in [-0.3, -0.25) is 0 Å². The molecule has 0 saturated heterocycles. The molecule has 0 amide bonds. The van der Waals surface area contributed by atoms with E-state index in [0.29, 0.717) is 30.3 Å². The summed E-state index contributed by atoms with van der Waals surface area (Å²) in [6.07, 6.45) is 2.23. The van der Waals surface area contributed by atoms with Crippen molar-refractivity contribution in [3.63, 3.8) is 0 Å². The highest BCUT2D eigenvalue weighted by Crippen LogP contribution is 2.57. The van der Waals surface area contributed by atoms with Crippen LogP contribution in [0.25, 0.3) is 33.4 Å². The monoisotopic (exact) mass is 1060 g/mol. The molecule has 3 aliphatic carbocycles. The van der Waals surface area contributed by atoms with Crippen molar-refractivity contribution in [1.82, 2.24) is 15.1 Å². The maximum atomic E-state index is 12.0. The summed E-state index contributed by atoms with van der Waals surface area (Å²) >= 11 is 0. The molecule has 0 radical (unpaired) electrons. The number of benzene rings is 9. The SMILES string of the molecule is Cc1cc(CN(C)CCN(C)Cc2cc(C)cc(C3(C)c4ccccc4-c4ccccc43)c2O)c(O)c(C2(C)c3ccccc3-c3ccccc32)c1.Cc1ccc(O)c(C2(C)c3ccccc3-c3ccccc32)c1.[CH2+]CCCNC. The lowest BCUT2D eigenvalue weighted by Crippen LogP contribution is -2.31. The van der Waals surface area contributed by atoms with Crippen LogP contribution in [0.3, 0.4) is 0 Å². The highest BCUT2D eigenvalue weighted by atomic mass is 16.3. The fraction of sp³-hybridized carbons (Fsp3) is 0.257. The molecule has 4 N–H and O–H groups in total. The van der Waals surface area contributed by atoms with E-state index in [-0.39, 0.29) is 5.41 Å². The van der Waals surface area contributed by atoms with E-state index >= 15 is 0 Å². The van der Waals surface area contributed by atoms with Crippen LogP contribution in [0.4, 0.5) is 0 Å². The Balaban J connectivity index is 0.000000211. The Morgan fingerprint density at radius 3 is 1.00 bits per heavy atom. The van der Waals surface area contributed by atoms with E-state index in [0.717, 1.165) is 70.6 Å².